The van der Waals surface area contributed by atoms with Crippen molar-refractivity contribution < 1.29 is 0 Å². The zero-order valence-electron chi connectivity index (χ0n) is 11.1. The molecule has 2 aromatic heterocycles. The second-order valence-electron chi connectivity index (χ2n) is 5.27. The van der Waals surface area contributed by atoms with Gasteiger partial charge in [0.15, 0.2) is 0 Å². The van der Waals surface area contributed by atoms with Crippen molar-refractivity contribution in [3.63, 3.8) is 0 Å². The van der Waals surface area contributed by atoms with Gasteiger partial charge in [-0.1, -0.05) is 0 Å². The molecular weight excluding hydrogens is 226 g/mol. The minimum atomic E-state index is 0.378. The number of hydrogen-bond acceptors (Lipinski definition) is 3. The van der Waals surface area contributed by atoms with Gasteiger partial charge in [0.1, 0.15) is 0 Å². The van der Waals surface area contributed by atoms with Crippen molar-refractivity contribution in [1.82, 2.24) is 19.3 Å². The maximum absolute atomic E-state index is 4.54. The van der Waals surface area contributed by atoms with Crippen LogP contribution in [0.2, 0.25) is 0 Å². The first-order valence-corrected chi connectivity index (χ1v) is 6.50. The van der Waals surface area contributed by atoms with Gasteiger partial charge in [0.05, 0.1) is 17.6 Å². The van der Waals surface area contributed by atoms with Crippen LogP contribution >= 0.6 is 0 Å². The molecule has 1 fully saturated rings. The topological polar surface area (TPSA) is 47.7 Å². The van der Waals surface area contributed by atoms with Crippen LogP contribution in [0.15, 0.2) is 18.6 Å². The van der Waals surface area contributed by atoms with Crippen LogP contribution in [0.25, 0.3) is 5.69 Å². The summed E-state index contributed by atoms with van der Waals surface area (Å²) in [7, 11) is 0. The Morgan fingerprint density at radius 2 is 2.11 bits per heavy atom. The fourth-order valence-electron chi connectivity index (χ4n) is 1.94. The zero-order valence-corrected chi connectivity index (χ0v) is 11.1. The van der Waals surface area contributed by atoms with Gasteiger partial charge in [0, 0.05) is 24.5 Å². The van der Waals surface area contributed by atoms with E-state index in [2.05, 4.69) is 40.0 Å². The van der Waals surface area contributed by atoms with E-state index in [4.69, 9.17) is 0 Å². The highest BCUT2D eigenvalue weighted by atomic mass is 15.3. The summed E-state index contributed by atoms with van der Waals surface area (Å²) in [6, 6.07) is 0.980. The molecule has 0 amide bonds. The van der Waals surface area contributed by atoms with E-state index in [0.29, 0.717) is 12.1 Å². The molecule has 1 saturated carbocycles. The zero-order chi connectivity index (χ0) is 12.7. The number of nitrogens with one attached hydrogen (secondary N) is 1. The number of aryl methyl sites for hydroxylation is 1. The van der Waals surface area contributed by atoms with Crippen LogP contribution in [0, 0.1) is 6.92 Å². The molecule has 0 aliphatic heterocycles. The lowest BCUT2D eigenvalue weighted by atomic mass is 10.4. The SMILES string of the molecule is Cc1cn(-c2cnn(C(C)C)c2)c(NC2CC2)n1. The largest absolute Gasteiger partial charge is 0.353 e. The van der Waals surface area contributed by atoms with Gasteiger partial charge in [0.25, 0.3) is 0 Å². The lowest BCUT2D eigenvalue weighted by molar-refractivity contribution is 0.532. The summed E-state index contributed by atoms with van der Waals surface area (Å²) in [5, 5.41) is 7.83. The third-order valence-electron chi connectivity index (χ3n) is 3.13. The predicted molar refractivity (Wildman–Crippen MR) is 71.1 cm³/mol. The Hall–Kier alpha value is -1.78. The van der Waals surface area contributed by atoms with Crippen molar-refractivity contribution >= 4 is 5.95 Å². The Morgan fingerprint density at radius 1 is 1.33 bits per heavy atom. The van der Waals surface area contributed by atoms with Gasteiger partial charge in [-0.25, -0.2) is 4.98 Å². The summed E-state index contributed by atoms with van der Waals surface area (Å²) in [5.41, 5.74) is 2.09. The summed E-state index contributed by atoms with van der Waals surface area (Å²) >= 11 is 0. The second-order valence-corrected chi connectivity index (χ2v) is 5.27. The van der Waals surface area contributed by atoms with E-state index in [1.54, 1.807) is 0 Å². The van der Waals surface area contributed by atoms with Gasteiger partial charge >= 0.3 is 0 Å². The third kappa shape index (κ3) is 2.12. The molecular formula is C13H19N5. The quantitative estimate of drug-likeness (QED) is 0.900. The predicted octanol–water partition coefficient (Wildman–Crippen LogP) is 2.53. The smallest absolute Gasteiger partial charge is 0.208 e. The monoisotopic (exact) mass is 245 g/mol. The van der Waals surface area contributed by atoms with Crippen LogP contribution in [0.1, 0.15) is 38.4 Å². The fourth-order valence-corrected chi connectivity index (χ4v) is 1.94. The molecule has 96 valence electrons. The van der Waals surface area contributed by atoms with Gasteiger partial charge in [0.2, 0.25) is 5.95 Å². The van der Waals surface area contributed by atoms with Crippen LogP contribution in [0.5, 0.6) is 0 Å². The standard InChI is InChI=1S/C13H19N5/c1-9(2)18-8-12(6-14-18)17-7-10(3)15-13(17)16-11-4-5-11/h6-9,11H,4-5H2,1-3H3,(H,15,16). The van der Waals surface area contributed by atoms with E-state index >= 15 is 0 Å². The Bertz CT molecular complexity index is 547. The summed E-state index contributed by atoms with van der Waals surface area (Å²) in [6.45, 7) is 6.26. The molecule has 2 aromatic rings. The Labute approximate surface area is 107 Å². The highest BCUT2D eigenvalue weighted by Gasteiger charge is 2.23. The molecule has 0 atom stereocenters. The number of nitrogens with zero attached hydrogens (tertiary/aromatic N) is 4. The molecule has 0 saturated heterocycles. The van der Waals surface area contributed by atoms with Gasteiger partial charge in [-0.2, -0.15) is 5.10 Å². The normalized spacial score (nSPS) is 15.3. The van der Waals surface area contributed by atoms with Crippen LogP contribution < -0.4 is 5.32 Å². The molecule has 1 aliphatic carbocycles. The van der Waals surface area contributed by atoms with Gasteiger partial charge in [-0.3, -0.25) is 9.25 Å². The molecule has 0 radical (unpaired) electrons. The maximum atomic E-state index is 4.54. The molecule has 18 heavy (non-hydrogen) atoms. The minimum Gasteiger partial charge on any atom is -0.353 e. The molecule has 3 rings (SSSR count). The highest BCUT2D eigenvalue weighted by molar-refractivity contribution is 5.42. The first-order chi connectivity index (χ1) is 8.63. The molecule has 2 heterocycles. The van der Waals surface area contributed by atoms with Gasteiger partial charge in [-0.15, -0.1) is 0 Å². The van der Waals surface area contributed by atoms with E-state index in [1.165, 1.54) is 12.8 Å². The van der Waals surface area contributed by atoms with Crippen molar-refractivity contribution in [3.05, 3.63) is 24.3 Å². The molecule has 0 spiro atoms. The number of anilines is 1. The average molecular weight is 245 g/mol. The van der Waals surface area contributed by atoms with Crippen LogP contribution in [-0.2, 0) is 0 Å². The van der Waals surface area contributed by atoms with Crippen molar-refractivity contribution in [2.45, 2.75) is 45.7 Å². The Balaban J connectivity index is 1.93. The van der Waals surface area contributed by atoms with Crippen molar-refractivity contribution in [1.29, 1.82) is 0 Å². The second kappa shape index (κ2) is 4.15. The van der Waals surface area contributed by atoms with E-state index < -0.39 is 0 Å². The molecule has 1 aliphatic rings. The fraction of sp³-hybridized carbons (Fsp3) is 0.538. The summed E-state index contributed by atoms with van der Waals surface area (Å²) in [4.78, 5) is 4.54. The van der Waals surface area contributed by atoms with Crippen molar-refractivity contribution in [3.8, 4) is 5.69 Å². The van der Waals surface area contributed by atoms with Crippen LogP contribution in [-0.4, -0.2) is 25.4 Å². The number of rotatable bonds is 4. The van der Waals surface area contributed by atoms with Crippen LogP contribution in [0.4, 0.5) is 5.95 Å². The molecule has 0 unspecified atom stereocenters. The molecule has 0 bridgehead atoms. The first-order valence-electron chi connectivity index (χ1n) is 6.50. The van der Waals surface area contributed by atoms with E-state index in [9.17, 15) is 0 Å². The Morgan fingerprint density at radius 3 is 2.72 bits per heavy atom. The maximum Gasteiger partial charge on any atom is 0.208 e. The van der Waals surface area contributed by atoms with Crippen molar-refractivity contribution in [2.24, 2.45) is 0 Å². The molecule has 5 nitrogen and oxygen atoms in total. The van der Waals surface area contributed by atoms with Crippen LogP contribution in [0.3, 0.4) is 0 Å². The molecule has 5 heteroatoms. The first kappa shape index (κ1) is 11.3. The van der Waals surface area contributed by atoms with E-state index in [1.807, 2.05) is 24.0 Å². The average Bonchev–Trinajstić information content (AvgIpc) is 2.87. The Kier molecular flexibility index (Phi) is 2.61. The number of aromatic nitrogens is 4. The van der Waals surface area contributed by atoms with E-state index in [-0.39, 0.29) is 0 Å². The summed E-state index contributed by atoms with van der Waals surface area (Å²) in [6.07, 6.45) is 8.49. The van der Waals surface area contributed by atoms with Gasteiger partial charge in [-0.05, 0) is 33.6 Å². The highest BCUT2D eigenvalue weighted by Crippen LogP contribution is 2.26. The number of hydrogen-bond donors (Lipinski definition) is 1. The lowest BCUT2D eigenvalue weighted by Crippen LogP contribution is -2.07. The van der Waals surface area contributed by atoms with Crippen molar-refractivity contribution in [2.75, 3.05) is 5.32 Å². The minimum absolute atomic E-state index is 0.378. The van der Waals surface area contributed by atoms with Gasteiger partial charge < -0.3 is 5.32 Å². The summed E-state index contributed by atoms with van der Waals surface area (Å²) in [5.74, 6) is 0.929. The number of imidazole rings is 1. The third-order valence-corrected chi connectivity index (χ3v) is 3.13. The lowest BCUT2D eigenvalue weighted by Gasteiger charge is -2.07. The molecule has 1 N–H and O–H groups in total. The molecule has 0 aromatic carbocycles. The summed E-state index contributed by atoms with van der Waals surface area (Å²) < 4.78 is 4.05. The van der Waals surface area contributed by atoms with E-state index in [0.717, 1.165) is 17.3 Å².